The Balaban J connectivity index is 2.64. The molecule has 1 heterocycles. The number of aliphatic hydroxyl groups is 1. The van der Waals surface area contributed by atoms with Crippen molar-refractivity contribution >= 4 is 38.6 Å². The van der Waals surface area contributed by atoms with Gasteiger partial charge in [0.25, 0.3) is 5.60 Å². The zero-order chi connectivity index (χ0) is 25.6. The fraction of sp³-hybridized carbons (Fsp3) is 0.438. The van der Waals surface area contributed by atoms with Crippen LogP contribution in [0.1, 0.15) is 12.5 Å². The third kappa shape index (κ3) is 4.50. The van der Waals surface area contributed by atoms with Crippen molar-refractivity contribution in [3.63, 3.8) is 0 Å². The van der Waals surface area contributed by atoms with Crippen molar-refractivity contribution < 1.29 is 58.9 Å². The van der Waals surface area contributed by atoms with Gasteiger partial charge in [-0.15, -0.1) is 0 Å². The van der Waals surface area contributed by atoms with Crippen molar-refractivity contribution in [1.29, 1.82) is 0 Å². The van der Waals surface area contributed by atoms with Crippen molar-refractivity contribution in [3.8, 4) is 0 Å². The predicted molar refractivity (Wildman–Crippen MR) is 93.9 cm³/mol. The molecule has 7 nitrogen and oxygen atoms in total. The highest BCUT2D eigenvalue weighted by Crippen LogP contribution is 2.50. The van der Waals surface area contributed by atoms with Gasteiger partial charge in [-0.2, -0.15) is 39.5 Å². The van der Waals surface area contributed by atoms with E-state index in [1.165, 1.54) is 5.32 Å². The summed E-state index contributed by atoms with van der Waals surface area (Å²) >= 11 is 0.120. The molecule has 0 saturated carbocycles. The van der Waals surface area contributed by atoms with E-state index < -0.39 is 57.1 Å². The zero-order valence-electron chi connectivity index (χ0n) is 16.2. The highest BCUT2D eigenvalue weighted by molar-refractivity contribution is 7.22. The highest BCUT2D eigenvalue weighted by Gasteiger charge is 2.71. The van der Waals surface area contributed by atoms with Crippen molar-refractivity contribution in [2.45, 2.75) is 36.7 Å². The monoisotopic (exact) mass is 513 g/mol. The molecule has 0 radical (unpaired) electrons. The molecule has 3 N–H and O–H groups in total. The molecule has 1 aromatic carbocycles. The molecule has 0 aliphatic rings. The number of aromatic nitrogens is 1. The summed E-state index contributed by atoms with van der Waals surface area (Å²) in [5.74, 6) is -3.37. The molecule has 1 aromatic heterocycles. The minimum Gasteiger partial charge on any atom is -0.466 e. The summed E-state index contributed by atoms with van der Waals surface area (Å²) in [5, 5.41) is 11.6. The number of rotatable bonds is 5. The van der Waals surface area contributed by atoms with Crippen LogP contribution in [0.3, 0.4) is 0 Å². The molecule has 1 atom stereocenters. The van der Waals surface area contributed by atoms with Gasteiger partial charge in [-0.1, -0.05) is 17.4 Å². The van der Waals surface area contributed by atoms with Gasteiger partial charge in [-0.25, -0.2) is 9.78 Å². The van der Waals surface area contributed by atoms with Crippen LogP contribution in [0.4, 0.5) is 44.6 Å². The second kappa shape index (κ2) is 8.19. The number of carbonyl (C=O) groups excluding carboxylic acids is 2. The summed E-state index contributed by atoms with van der Waals surface area (Å²) < 4.78 is 123. The number of anilines is 1. The van der Waals surface area contributed by atoms with Gasteiger partial charge in [0.2, 0.25) is 5.91 Å². The second-order valence-electron chi connectivity index (χ2n) is 6.45. The Hall–Kier alpha value is -2.82. The summed E-state index contributed by atoms with van der Waals surface area (Å²) in [7, 11) is 0.575. The number of esters is 1. The van der Waals surface area contributed by atoms with E-state index in [9.17, 15) is 54.2 Å². The quantitative estimate of drug-likeness (QED) is 0.321. The zero-order valence-corrected chi connectivity index (χ0v) is 17.0. The van der Waals surface area contributed by atoms with E-state index in [2.05, 4.69) is 9.72 Å². The van der Waals surface area contributed by atoms with Crippen LogP contribution >= 0.6 is 11.3 Å². The SMILES string of the molecule is COC(=O)C(NC(C)=O)(Nc1nc2ccc(C(O)(C(F)(F)F)C(F)(F)F)cc2s1)C(F)(F)F. The average molecular weight is 513 g/mol. The molecule has 0 spiro atoms. The number of alkyl halides is 9. The van der Waals surface area contributed by atoms with E-state index in [1.807, 2.05) is 0 Å². The van der Waals surface area contributed by atoms with Crippen molar-refractivity contribution in [3.05, 3.63) is 23.8 Å². The Labute approximate surface area is 181 Å². The molecule has 184 valence electrons. The number of nitrogens with zero attached hydrogens (tertiary/aromatic N) is 1. The van der Waals surface area contributed by atoms with Gasteiger partial charge in [0.15, 0.2) is 5.13 Å². The lowest BCUT2D eigenvalue weighted by atomic mass is 9.92. The molecule has 2 aromatic rings. The maximum atomic E-state index is 13.7. The van der Waals surface area contributed by atoms with E-state index in [4.69, 9.17) is 0 Å². The standard InChI is InChI=1S/C16H12F9N3O4S/c1-6(29)27-13(10(30)32-2,16(23,24)25)28-11-26-8-4-3-7(5-9(8)33-11)12(31,14(17,18)19)15(20,21)22/h3-5,31H,1-2H3,(H,26,28)(H,27,29). The molecular weight excluding hydrogens is 501 g/mol. The minimum absolute atomic E-state index is 0.120. The second-order valence-corrected chi connectivity index (χ2v) is 7.48. The van der Waals surface area contributed by atoms with Gasteiger partial charge in [0.1, 0.15) is 0 Å². The molecule has 0 bridgehead atoms. The minimum atomic E-state index is -6.19. The van der Waals surface area contributed by atoms with E-state index >= 15 is 0 Å². The third-order valence-corrected chi connectivity index (χ3v) is 5.14. The number of fused-ring (bicyclic) bond motifs is 1. The van der Waals surface area contributed by atoms with Gasteiger partial charge in [0, 0.05) is 12.5 Å². The van der Waals surface area contributed by atoms with Gasteiger partial charge in [-0.05, 0) is 12.1 Å². The molecule has 0 fully saturated rings. The summed E-state index contributed by atoms with van der Waals surface area (Å²) in [6.45, 7) is 0.644. The highest BCUT2D eigenvalue weighted by atomic mass is 32.1. The Morgan fingerprint density at radius 3 is 1.97 bits per heavy atom. The summed E-state index contributed by atoms with van der Waals surface area (Å²) in [6, 6.07) is 1.09. The third-order valence-electron chi connectivity index (χ3n) is 4.20. The van der Waals surface area contributed by atoms with E-state index in [0.717, 1.165) is 0 Å². The number of amides is 1. The van der Waals surface area contributed by atoms with Crippen LogP contribution in [0.2, 0.25) is 0 Å². The Morgan fingerprint density at radius 2 is 1.55 bits per heavy atom. The molecular formula is C16H12F9N3O4S. The molecule has 1 amide bonds. The summed E-state index contributed by atoms with van der Waals surface area (Å²) in [5.41, 5.74) is -11.2. The number of hydrogen-bond acceptors (Lipinski definition) is 7. The lowest BCUT2D eigenvalue weighted by Crippen LogP contribution is -2.69. The van der Waals surface area contributed by atoms with Gasteiger partial charge >= 0.3 is 30.2 Å². The normalized spacial score (nSPS) is 15.2. The fourth-order valence-corrected chi connectivity index (χ4v) is 3.62. The maximum absolute atomic E-state index is 13.7. The lowest BCUT2D eigenvalue weighted by molar-refractivity contribution is -0.376. The van der Waals surface area contributed by atoms with Crippen LogP contribution < -0.4 is 10.6 Å². The fourth-order valence-electron chi connectivity index (χ4n) is 2.66. The predicted octanol–water partition coefficient (Wildman–Crippen LogP) is 3.59. The number of halogens is 9. The first-order valence-electron chi connectivity index (χ1n) is 8.29. The van der Waals surface area contributed by atoms with E-state index in [-0.39, 0.29) is 29.0 Å². The number of benzene rings is 1. The summed E-state index contributed by atoms with van der Waals surface area (Å²) in [4.78, 5) is 26.8. The van der Waals surface area contributed by atoms with Crippen LogP contribution in [0.25, 0.3) is 10.2 Å². The molecule has 33 heavy (non-hydrogen) atoms. The first-order valence-corrected chi connectivity index (χ1v) is 9.11. The Kier molecular flexibility index (Phi) is 6.56. The number of ether oxygens (including phenoxy) is 1. The number of nitrogens with one attached hydrogen (secondary N) is 2. The van der Waals surface area contributed by atoms with Crippen molar-refractivity contribution in [2.24, 2.45) is 0 Å². The molecule has 17 heteroatoms. The van der Waals surface area contributed by atoms with Crippen LogP contribution in [0.5, 0.6) is 0 Å². The van der Waals surface area contributed by atoms with Gasteiger partial charge < -0.3 is 20.5 Å². The number of thiazole rings is 1. The number of hydrogen-bond donors (Lipinski definition) is 3. The topological polar surface area (TPSA) is 101 Å². The van der Waals surface area contributed by atoms with Crippen LogP contribution in [-0.2, 0) is 19.9 Å². The number of carbonyl (C=O) groups is 2. The van der Waals surface area contributed by atoms with Crippen LogP contribution in [0.15, 0.2) is 18.2 Å². The molecule has 2 rings (SSSR count). The molecule has 1 unspecified atom stereocenters. The van der Waals surface area contributed by atoms with Crippen molar-refractivity contribution in [1.82, 2.24) is 10.3 Å². The Morgan fingerprint density at radius 1 is 1.00 bits per heavy atom. The first kappa shape index (κ1) is 26.4. The van der Waals surface area contributed by atoms with Gasteiger partial charge in [0.05, 0.1) is 17.3 Å². The van der Waals surface area contributed by atoms with E-state index in [0.29, 0.717) is 20.1 Å². The average Bonchev–Trinajstić information content (AvgIpc) is 3.04. The van der Waals surface area contributed by atoms with E-state index in [1.54, 1.807) is 5.32 Å². The maximum Gasteiger partial charge on any atom is 0.442 e. The van der Waals surface area contributed by atoms with Crippen LogP contribution in [-0.4, -0.2) is 53.3 Å². The lowest BCUT2D eigenvalue weighted by Gasteiger charge is -2.33. The smallest absolute Gasteiger partial charge is 0.442 e. The number of methoxy groups -OCH3 is 1. The van der Waals surface area contributed by atoms with Gasteiger partial charge in [-0.3, -0.25) is 4.79 Å². The first-order chi connectivity index (χ1) is 14.8. The van der Waals surface area contributed by atoms with Crippen LogP contribution in [0, 0.1) is 0 Å². The molecule has 0 aliphatic heterocycles. The van der Waals surface area contributed by atoms with Crippen molar-refractivity contribution in [2.75, 3.05) is 12.4 Å². The Bertz CT molecular complexity index is 1050. The summed E-state index contributed by atoms with van der Waals surface area (Å²) in [6.07, 6.45) is -17.9. The largest absolute Gasteiger partial charge is 0.466 e. The molecule has 0 saturated heterocycles. The molecule has 0 aliphatic carbocycles.